The molecular formula is C17H22ClN5OS. The third-order valence-corrected chi connectivity index (χ3v) is 5.85. The third kappa shape index (κ3) is 4.54. The summed E-state index contributed by atoms with van der Waals surface area (Å²) in [4.78, 5) is 17.9. The average Bonchev–Trinajstić information content (AvgIpc) is 2.98. The van der Waals surface area contributed by atoms with E-state index in [2.05, 4.69) is 20.7 Å². The second kappa shape index (κ2) is 8.21. The number of aryl methyl sites for hydroxylation is 1. The highest BCUT2D eigenvalue weighted by molar-refractivity contribution is 8.00. The van der Waals surface area contributed by atoms with Crippen LogP contribution in [0.5, 0.6) is 0 Å². The molecule has 2 aromatic rings. The molecule has 0 spiro atoms. The molecule has 1 fully saturated rings. The number of piperidine rings is 1. The zero-order chi connectivity index (χ0) is 17.8. The van der Waals surface area contributed by atoms with E-state index in [-0.39, 0.29) is 11.2 Å². The van der Waals surface area contributed by atoms with Gasteiger partial charge in [-0.3, -0.25) is 10.1 Å². The number of nitrogens with zero attached hydrogens (tertiary/aromatic N) is 3. The van der Waals surface area contributed by atoms with E-state index in [1.165, 1.54) is 11.8 Å². The fourth-order valence-electron chi connectivity index (χ4n) is 2.76. The Labute approximate surface area is 156 Å². The Hall–Kier alpha value is -1.57. The predicted octanol–water partition coefficient (Wildman–Crippen LogP) is 3.05. The highest BCUT2D eigenvalue weighted by atomic mass is 35.5. The van der Waals surface area contributed by atoms with Crippen LogP contribution >= 0.6 is 23.4 Å². The summed E-state index contributed by atoms with van der Waals surface area (Å²) < 4.78 is 1.64. The van der Waals surface area contributed by atoms with E-state index in [0.29, 0.717) is 16.9 Å². The van der Waals surface area contributed by atoms with Crippen molar-refractivity contribution in [1.82, 2.24) is 20.1 Å². The monoisotopic (exact) mass is 379 g/mol. The normalized spacial score (nSPS) is 16.6. The van der Waals surface area contributed by atoms with Crippen LogP contribution in [0.4, 0.5) is 5.95 Å². The van der Waals surface area contributed by atoms with Crippen LogP contribution in [0.1, 0.15) is 31.5 Å². The molecule has 3 rings (SSSR count). The quantitative estimate of drug-likeness (QED) is 0.781. The lowest BCUT2D eigenvalue weighted by molar-refractivity contribution is -0.115. The van der Waals surface area contributed by atoms with Gasteiger partial charge >= 0.3 is 0 Å². The molecule has 134 valence electrons. The van der Waals surface area contributed by atoms with Gasteiger partial charge in [-0.15, -0.1) is 11.8 Å². The largest absolute Gasteiger partial charge is 0.317 e. The molecule has 0 radical (unpaired) electrons. The van der Waals surface area contributed by atoms with Crippen molar-refractivity contribution in [3.8, 4) is 0 Å². The van der Waals surface area contributed by atoms with Gasteiger partial charge in [0.05, 0.1) is 10.3 Å². The van der Waals surface area contributed by atoms with Crippen LogP contribution in [-0.2, 0) is 11.8 Å². The van der Waals surface area contributed by atoms with Gasteiger partial charge in [0.1, 0.15) is 0 Å². The summed E-state index contributed by atoms with van der Waals surface area (Å²) in [7, 11) is 1.80. The molecule has 8 heteroatoms. The lowest BCUT2D eigenvalue weighted by Gasteiger charge is -2.19. The van der Waals surface area contributed by atoms with Crippen LogP contribution in [0.2, 0.25) is 5.02 Å². The van der Waals surface area contributed by atoms with Crippen molar-refractivity contribution in [3.63, 3.8) is 0 Å². The number of amides is 1. The molecule has 25 heavy (non-hydrogen) atoms. The van der Waals surface area contributed by atoms with E-state index in [4.69, 9.17) is 11.6 Å². The number of halogens is 1. The Morgan fingerprint density at radius 2 is 2.12 bits per heavy atom. The number of hydrogen-bond acceptors (Lipinski definition) is 5. The first kappa shape index (κ1) is 18.2. The fourth-order valence-corrected chi connectivity index (χ4v) is 3.92. The van der Waals surface area contributed by atoms with Crippen LogP contribution < -0.4 is 10.6 Å². The van der Waals surface area contributed by atoms with Gasteiger partial charge in [0, 0.05) is 17.9 Å². The maximum atomic E-state index is 12.5. The molecule has 0 aliphatic carbocycles. The van der Waals surface area contributed by atoms with E-state index in [1.54, 1.807) is 11.7 Å². The van der Waals surface area contributed by atoms with Crippen molar-refractivity contribution in [2.75, 3.05) is 18.4 Å². The number of nitrogens with one attached hydrogen (secondary N) is 2. The van der Waals surface area contributed by atoms with Gasteiger partial charge in [-0.05, 0) is 45.0 Å². The van der Waals surface area contributed by atoms with Gasteiger partial charge in [0.2, 0.25) is 11.9 Å². The molecule has 1 amide bonds. The topological polar surface area (TPSA) is 71.8 Å². The first-order valence-corrected chi connectivity index (χ1v) is 9.64. The molecule has 1 aromatic carbocycles. The van der Waals surface area contributed by atoms with E-state index >= 15 is 0 Å². The Kier molecular flexibility index (Phi) is 5.98. The second-order valence-electron chi connectivity index (χ2n) is 6.12. The number of carbonyl (C=O) groups is 1. The Balaban J connectivity index is 1.64. The van der Waals surface area contributed by atoms with E-state index in [9.17, 15) is 4.79 Å². The molecule has 1 saturated heterocycles. The lowest BCUT2D eigenvalue weighted by Crippen LogP contribution is -2.27. The summed E-state index contributed by atoms with van der Waals surface area (Å²) in [5.41, 5.74) is 0. The minimum absolute atomic E-state index is 0.114. The fraction of sp³-hybridized carbons (Fsp3) is 0.471. The molecule has 1 aliphatic heterocycles. The molecule has 2 heterocycles. The van der Waals surface area contributed by atoms with Gasteiger partial charge in [-0.1, -0.05) is 23.7 Å². The minimum atomic E-state index is -0.293. The molecule has 0 bridgehead atoms. The molecule has 2 N–H and O–H groups in total. The Morgan fingerprint density at radius 3 is 2.84 bits per heavy atom. The Morgan fingerprint density at radius 1 is 1.40 bits per heavy atom. The number of aromatic nitrogens is 3. The van der Waals surface area contributed by atoms with Gasteiger partial charge < -0.3 is 5.32 Å². The summed E-state index contributed by atoms with van der Waals surface area (Å²) in [6.45, 7) is 3.82. The summed E-state index contributed by atoms with van der Waals surface area (Å²) in [6, 6.07) is 7.52. The minimum Gasteiger partial charge on any atom is -0.317 e. The van der Waals surface area contributed by atoms with Gasteiger partial charge in [-0.25, -0.2) is 4.68 Å². The molecule has 0 saturated carbocycles. The van der Waals surface area contributed by atoms with Crippen molar-refractivity contribution in [1.29, 1.82) is 0 Å². The zero-order valence-corrected chi connectivity index (χ0v) is 15.9. The van der Waals surface area contributed by atoms with Crippen LogP contribution in [0, 0.1) is 0 Å². The van der Waals surface area contributed by atoms with Crippen LogP contribution in [0.25, 0.3) is 0 Å². The number of thioether (sulfide) groups is 1. The molecule has 6 nitrogen and oxygen atoms in total. The predicted molar refractivity (Wildman–Crippen MR) is 101 cm³/mol. The zero-order valence-electron chi connectivity index (χ0n) is 14.3. The lowest BCUT2D eigenvalue weighted by atomic mass is 9.98. The van der Waals surface area contributed by atoms with Crippen molar-refractivity contribution >= 4 is 35.2 Å². The Bertz CT molecular complexity index is 744. The SMILES string of the molecule is CC(Sc1ccccc1Cl)C(=O)Nc1nc(C2CCNCC2)nn1C. The van der Waals surface area contributed by atoms with E-state index < -0.39 is 0 Å². The summed E-state index contributed by atoms with van der Waals surface area (Å²) >= 11 is 7.59. The number of benzene rings is 1. The van der Waals surface area contributed by atoms with E-state index in [1.807, 2.05) is 31.2 Å². The van der Waals surface area contributed by atoms with Gasteiger partial charge in [0.25, 0.3) is 0 Å². The number of hydrogen-bond donors (Lipinski definition) is 2. The van der Waals surface area contributed by atoms with E-state index in [0.717, 1.165) is 36.7 Å². The smallest absolute Gasteiger partial charge is 0.239 e. The van der Waals surface area contributed by atoms with Crippen molar-refractivity contribution in [3.05, 3.63) is 35.1 Å². The summed E-state index contributed by atoms with van der Waals surface area (Å²) in [5, 5.41) is 11.1. The second-order valence-corrected chi connectivity index (χ2v) is 7.91. The number of rotatable bonds is 5. The maximum Gasteiger partial charge on any atom is 0.239 e. The highest BCUT2D eigenvalue weighted by Crippen LogP contribution is 2.30. The molecule has 1 atom stereocenters. The number of anilines is 1. The highest BCUT2D eigenvalue weighted by Gasteiger charge is 2.23. The third-order valence-electron chi connectivity index (χ3n) is 4.23. The van der Waals surface area contributed by atoms with Crippen molar-refractivity contribution < 1.29 is 4.79 Å². The van der Waals surface area contributed by atoms with Crippen molar-refractivity contribution in [2.45, 2.75) is 35.8 Å². The number of carbonyl (C=O) groups excluding carboxylic acids is 1. The molecule has 1 aliphatic rings. The standard InChI is InChI=1S/C17H22ClN5OS/c1-11(25-14-6-4-3-5-13(14)18)16(24)21-17-20-15(22-23(17)2)12-7-9-19-10-8-12/h3-6,11-12,19H,7-10H2,1-2H3,(H,20,21,22,24). The van der Waals surface area contributed by atoms with Gasteiger partial charge in [-0.2, -0.15) is 10.1 Å². The van der Waals surface area contributed by atoms with Crippen LogP contribution in [0.3, 0.4) is 0 Å². The first-order valence-electron chi connectivity index (χ1n) is 8.38. The maximum absolute atomic E-state index is 12.5. The molecular weight excluding hydrogens is 358 g/mol. The molecule has 1 unspecified atom stereocenters. The summed E-state index contributed by atoms with van der Waals surface area (Å²) in [5.74, 6) is 1.54. The van der Waals surface area contributed by atoms with Crippen LogP contribution in [-0.4, -0.2) is 39.0 Å². The average molecular weight is 380 g/mol. The first-order chi connectivity index (χ1) is 12.0. The molecule has 1 aromatic heterocycles. The van der Waals surface area contributed by atoms with Gasteiger partial charge in [0.15, 0.2) is 5.82 Å². The van der Waals surface area contributed by atoms with Crippen LogP contribution in [0.15, 0.2) is 29.2 Å². The summed E-state index contributed by atoms with van der Waals surface area (Å²) in [6.07, 6.45) is 2.05. The van der Waals surface area contributed by atoms with Crippen molar-refractivity contribution in [2.24, 2.45) is 7.05 Å².